The Bertz CT molecular complexity index is 94.7. The fraction of sp³-hybridized carbons (Fsp3) is 1.00. The van der Waals surface area contributed by atoms with Gasteiger partial charge in [0.05, 0.1) is 7.80 Å². The lowest BCUT2D eigenvalue weighted by molar-refractivity contribution is 0.581. The summed E-state index contributed by atoms with van der Waals surface area (Å²) in [5.41, 5.74) is 0.574. The summed E-state index contributed by atoms with van der Waals surface area (Å²) in [6.07, 6.45) is 5.04. The molecule has 1 fully saturated rings. The molecule has 1 atom stereocenters. The van der Waals surface area contributed by atoms with Crippen LogP contribution >= 0.6 is 7.80 Å². The van der Waals surface area contributed by atoms with E-state index in [-0.39, 0.29) is 0 Å². The maximum Gasteiger partial charge on any atom is 0.0718 e. The Labute approximate surface area is 51.3 Å². The quantitative estimate of drug-likeness (QED) is 0.499. The number of rotatable bonds is 1. The smallest absolute Gasteiger partial charge is 0.0718 e. The molecule has 0 saturated heterocycles. The minimum atomic E-state index is -0.852. The lowest BCUT2D eigenvalue weighted by atomic mass is 10.4. The molecule has 0 aliphatic heterocycles. The Morgan fingerprint density at radius 3 is 2.12 bits per heavy atom. The zero-order chi connectivity index (χ0) is 5.98. The second kappa shape index (κ2) is 2.59. The zero-order valence-electron chi connectivity index (χ0n) is 5.26. The standard InChI is InChI=1S/C6H12OP/c1-8(7)6-4-2-3-5-6/h6H,2-5H2,1H3. The van der Waals surface area contributed by atoms with Crippen molar-refractivity contribution < 1.29 is 4.57 Å². The highest BCUT2D eigenvalue weighted by atomic mass is 31.1. The van der Waals surface area contributed by atoms with Gasteiger partial charge in [0.15, 0.2) is 0 Å². The highest BCUT2D eigenvalue weighted by Crippen LogP contribution is 2.36. The summed E-state index contributed by atoms with van der Waals surface area (Å²) in [6, 6.07) is 0. The van der Waals surface area contributed by atoms with Gasteiger partial charge in [-0.25, -0.2) is 0 Å². The summed E-state index contributed by atoms with van der Waals surface area (Å²) in [5, 5.41) is 0. The fourth-order valence-corrected chi connectivity index (χ4v) is 2.36. The zero-order valence-corrected chi connectivity index (χ0v) is 6.16. The van der Waals surface area contributed by atoms with Crippen molar-refractivity contribution in [2.75, 3.05) is 6.66 Å². The molecule has 0 spiro atoms. The SMILES string of the molecule is C[P](=O)C1CCCC1. The van der Waals surface area contributed by atoms with Crippen molar-refractivity contribution in [1.29, 1.82) is 0 Å². The van der Waals surface area contributed by atoms with Gasteiger partial charge in [-0.3, -0.25) is 4.57 Å². The first-order valence-corrected chi connectivity index (χ1v) is 4.98. The van der Waals surface area contributed by atoms with Crippen LogP contribution in [0.3, 0.4) is 0 Å². The van der Waals surface area contributed by atoms with Crippen molar-refractivity contribution in [3.05, 3.63) is 0 Å². The van der Waals surface area contributed by atoms with Gasteiger partial charge in [0.1, 0.15) is 0 Å². The van der Waals surface area contributed by atoms with Gasteiger partial charge < -0.3 is 0 Å². The van der Waals surface area contributed by atoms with Crippen molar-refractivity contribution in [3.8, 4) is 0 Å². The van der Waals surface area contributed by atoms with E-state index in [4.69, 9.17) is 0 Å². The van der Waals surface area contributed by atoms with Gasteiger partial charge in [-0.1, -0.05) is 12.8 Å². The molecule has 1 radical (unpaired) electrons. The molecule has 0 amide bonds. The molecule has 1 nitrogen and oxygen atoms in total. The van der Waals surface area contributed by atoms with Crippen molar-refractivity contribution in [3.63, 3.8) is 0 Å². The first-order chi connectivity index (χ1) is 3.80. The van der Waals surface area contributed by atoms with Crippen LogP contribution in [0, 0.1) is 0 Å². The molecule has 0 bridgehead atoms. The van der Waals surface area contributed by atoms with E-state index in [1.807, 2.05) is 6.66 Å². The molecular formula is C6H12OP. The second-order valence-electron chi connectivity index (χ2n) is 2.48. The van der Waals surface area contributed by atoms with Crippen LogP contribution in [-0.4, -0.2) is 12.3 Å². The molecule has 1 saturated carbocycles. The highest BCUT2D eigenvalue weighted by molar-refractivity contribution is 7.44. The average Bonchev–Trinajstić information content (AvgIpc) is 2.12. The van der Waals surface area contributed by atoms with Gasteiger partial charge in [-0.2, -0.15) is 0 Å². The van der Waals surface area contributed by atoms with E-state index in [2.05, 4.69) is 0 Å². The molecule has 0 heterocycles. The first kappa shape index (κ1) is 6.22. The van der Waals surface area contributed by atoms with E-state index in [0.29, 0.717) is 5.66 Å². The minimum absolute atomic E-state index is 0.574. The van der Waals surface area contributed by atoms with Gasteiger partial charge in [-0.05, 0) is 12.8 Å². The first-order valence-electron chi connectivity index (χ1n) is 3.20. The molecule has 0 N–H and O–H groups in total. The van der Waals surface area contributed by atoms with Gasteiger partial charge in [0, 0.05) is 12.3 Å². The molecule has 0 aromatic carbocycles. The number of hydrogen-bond acceptors (Lipinski definition) is 1. The van der Waals surface area contributed by atoms with E-state index >= 15 is 0 Å². The molecule has 0 aromatic rings. The van der Waals surface area contributed by atoms with Gasteiger partial charge in [0.25, 0.3) is 0 Å². The topological polar surface area (TPSA) is 17.1 Å². The normalized spacial score (nSPS) is 23.9. The van der Waals surface area contributed by atoms with Gasteiger partial charge in [0.2, 0.25) is 0 Å². The predicted molar refractivity (Wildman–Crippen MR) is 35.8 cm³/mol. The van der Waals surface area contributed by atoms with E-state index in [1.54, 1.807) is 0 Å². The third-order valence-electron chi connectivity index (χ3n) is 1.84. The van der Waals surface area contributed by atoms with Crippen molar-refractivity contribution >= 4 is 7.80 Å². The van der Waals surface area contributed by atoms with Gasteiger partial charge in [-0.15, -0.1) is 0 Å². The molecule has 2 heteroatoms. The van der Waals surface area contributed by atoms with Crippen molar-refractivity contribution in [1.82, 2.24) is 0 Å². The molecule has 1 aliphatic carbocycles. The molecule has 8 heavy (non-hydrogen) atoms. The minimum Gasteiger partial charge on any atom is -0.287 e. The summed E-state index contributed by atoms with van der Waals surface area (Å²) in [5.74, 6) is 0. The Morgan fingerprint density at radius 1 is 1.38 bits per heavy atom. The molecule has 1 rings (SSSR count). The van der Waals surface area contributed by atoms with Crippen LogP contribution in [-0.2, 0) is 4.57 Å². The molecule has 1 aliphatic rings. The molecule has 0 aromatic heterocycles. The third-order valence-corrected chi connectivity index (χ3v) is 3.38. The van der Waals surface area contributed by atoms with Crippen LogP contribution in [0.15, 0.2) is 0 Å². The van der Waals surface area contributed by atoms with Crippen molar-refractivity contribution in [2.24, 2.45) is 0 Å². The molecule has 47 valence electrons. The second-order valence-corrected chi connectivity index (χ2v) is 4.31. The summed E-state index contributed by atoms with van der Waals surface area (Å²) < 4.78 is 10.8. The largest absolute Gasteiger partial charge is 0.287 e. The molecular weight excluding hydrogens is 119 g/mol. The summed E-state index contributed by atoms with van der Waals surface area (Å²) in [4.78, 5) is 0. The number of hydrogen-bond donors (Lipinski definition) is 0. The lowest BCUT2D eigenvalue weighted by Gasteiger charge is -1.99. The van der Waals surface area contributed by atoms with E-state index in [1.165, 1.54) is 25.7 Å². The van der Waals surface area contributed by atoms with Gasteiger partial charge >= 0.3 is 0 Å². The predicted octanol–water partition coefficient (Wildman–Crippen LogP) is 2.39. The summed E-state index contributed by atoms with van der Waals surface area (Å²) in [6.45, 7) is 1.85. The van der Waals surface area contributed by atoms with E-state index < -0.39 is 7.80 Å². The highest BCUT2D eigenvalue weighted by Gasteiger charge is 2.17. The van der Waals surface area contributed by atoms with Crippen LogP contribution in [0.5, 0.6) is 0 Å². The average molecular weight is 131 g/mol. The van der Waals surface area contributed by atoms with Crippen LogP contribution in [0.1, 0.15) is 25.7 Å². The lowest BCUT2D eigenvalue weighted by Crippen LogP contribution is -1.90. The maximum absolute atomic E-state index is 10.8. The Balaban J connectivity index is 2.35. The monoisotopic (exact) mass is 131 g/mol. The molecule has 1 unspecified atom stereocenters. The third kappa shape index (κ3) is 1.29. The van der Waals surface area contributed by atoms with Crippen LogP contribution in [0.25, 0.3) is 0 Å². The summed E-state index contributed by atoms with van der Waals surface area (Å²) in [7, 11) is -0.852. The fourth-order valence-electron chi connectivity index (χ4n) is 1.27. The van der Waals surface area contributed by atoms with E-state index in [9.17, 15) is 4.57 Å². The van der Waals surface area contributed by atoms with Crippen LogP contribution < -0.4 is 0 Å². The summed E-state index contributed by atoms with van der Waals surface area (Å²) >= 11 is 0. The Kier molecular flexibility index (Phi) is 2.01. The van der Waals surface area contributed by atoms with Crippen molar-refractivity contribution in [2.45, 2.75) is 31.3 Å². The van der Waals surface area contributed by atoms with Crippen LogP contribution in [0.2, 0.25) is 0 Å². The Morgan fingerprint density at radius 2 is 1.88 bits per heavy atom. The maximum atomic E-state index is 10.8. The van der Waals surface area contributed by atoms with E-state index in [0.717, 1.165) is 0 Å². The Hall–Kier alpha value is 0.100. The van der Waals surface area contributed by atoms with Crippen LogP contribution in [0.4, 0.5) is 0 Å².